The lowest BCUT2D eigenvalue weighted by Crippen LogP contribution is -2.37. The summed E-state index contributed by atoms with van der Waals surface area (Å²) in [6.07, 6.45) is 0. The molecule has 0 saturated carbocycles. The molecule has 0 heterocycles. The van der Waals surface area contributed by atoms with Crippen LogP contribution in [0.1, 0.15) is 5.56 Å². The minimum absolute atomic E-state index is 0.0755. The van der Waals surface area contributed by atoms with Crippen molar-refractivity contribution in [2.45, 2.75) is 6.92 Å². The summed E-state index contributed by atoms with van der Waals surface area (Å²) in [5, 5.41) is 3.36. The van der Waals surface area contributed by atoms with Crippen molar-refractivity contribution in [1.29, 1.82) is 0 Å². The molecule has 1 N–H and O–H groups in total. The number of carbonyl (C=O) groups excluding carboxylic acids is 2. The van der Waals surface area contributed by atoms with Crippen molar-refractivity contribution >= 4 is 29.1 Å². The van der Waals surface area contributed by atoms with E-state index in [4.69, 9.17) is 21.1 Å². The number of likely N-dealkylation sites (N-methyl/N-ethyl adjacent to an activating group) is 1. The van der Waals surface area contributed by atoms with Crippen LogP contribution in [-0.4, -0.2) is 44.0 Å². The zero-order valence-electron chi connectivity index (χ0n) is 14.9. The van der Waals surface area contributed by atoms with E-state index in [1.54, 1.807) is 56.6 Å². The molecule has 2 amide bonds. The Morgan fingerprint density at radius 1 is 1.12 bits per heavy atom. The predicted molar refractivity (Wildman–Crippen MR) is 101 cm³/mol. The highest BCUT2D eigenvalue weighted by Crippen LogP contribution is 2.21. The zero-order valence-corrected chi connectivity index (χ0v) is 15.7. The van der Waals surface area contributed by atoms with Crippen molar-refractivity contribution in [1.82, 2.24) is 4.90 Å². The molecule has 26 heavy (non-hydrogen) atoms. The number of methoxy groups -OCH3 is 1. The van der Waals surface area contributed by atoms with Crippen LogP contribution in [0.5, 0.6) is 11.5 Å². The minimum atomic E-state index is -0.303. The maximum absolute atomic E-state index is 12.1. The van der Waals surface area contributed by atoms with Crippen LogP contribution in [0, 0.1) is 6.92 Å². The maximum Gasteiger partial charge on any atom is 0.260 e. The van der Waals surface area contributed by atoms with E-state index in [1.807, 2.05) is 6.92 Å². The molecule has 0 aliphatic rings. The average molecular weight is 377 g/mol. The van der Waals surface area contributed by atoms with E-state index in [1.165, 1.54) is 4.90 Å². The molecule has 138 valence electrons. The van der Waals surface area contributed by atoms with E-state index < -0.39 is 0 Å². The number of carbonyl (C=O) groups is 2. The lowest BCUT2D eigenvalue weighted by Gasteiger charge is -2.17. The zero-order chi connectivity index (χ0) is 19.1. The van der Waals surface area contributed by atoms with Gasteiger partial charge in [-0.2, -0.15) is 0 Å². The molecular weight excluding hydrogens is 356 g/mol. The largest absolute Gasteiger partial charge is 0.497 e. The first-order chi connectivity index (χ1) is 12.4. The van der Waals surface area contributed by atoms with Gasteiger partial charge in [-0.1, -0.05) is 11.6 Å². The second-order valence-electron chi connectivity index (χ2n) is 5.73. The van der Waals surface area contributed by atoms with Crippen LogP contribution in [0.25, 0.3) is 0 Å². The molecule has 0 spiro atoms. The molecule has 2 rings (SSSR count). The maximum atomic E-state index is 12.1. The van der Waals surface area contributed by atoms with E-state index >= 15 is 0 Å². The van der Waals surface area contributed by atoms with Crippen molar-refractivity contribution in [3.8, 4) is 11.5 Å². The predicted octanol–water partition coefficient (Wildman–Crippen LogP) is 3.13. The van der Waals surface area contributed by atoms with Gasteiger partial charge in [-0.15, -0.1) is 0 Å². The Morgan fingerprint density at radius 3 is 2.38 bits per heavy atom. The Kier molecular flexibility index (Phi) is 6.86. The number of rotatable bonds is 7. The molecule has 0 atom stereocenters. The van der Waals surface area contributed by atoms with Gasteiger partial charge in [-0.3, -0.25) is 9.59 Å². The van der Waals surface area contributed by atoms with E-state index in [9.17, 15) is 9.59 Å². The first-order valence-electron chi connectivity index (χ1n) is 7.96. The van der Waals surface area contributed by atoms with Crippen LogP contribution in [0.2, 0.25) is 5.02 Å². The van der Waals surface area contributed by atoms with Crippen molar-refractivity contribution in [2.24, 2.45) is 0 Å². The van der Waals surface area contributed by atoms with Gasteiger partial charge in [0, 0.05) is 17.8 Å². The number of amides is 2. The van der Waals surface area contributed by atoms with Gasteiger partial charge in [0.2, 0.25) is 5.91 Å². The number of anilines is 1. The van der Waals surface area contributed by atoms with Gasteiger partial charge in [0.15, 0.2) is 6.61 Å². The number of hydrogen-bond acceptors (Lipinski definition) is 4. The third-order valence-electron chi connectivity index (χ3n) is 3.67. The summed E-state index contributed by atoms with van der Waals surface area (Å²) < 4.78 is 10.5. The van der Waals surface area contributed by atoms with E-state index in [0.29, 0.717) is 22.2 Å². The van der Waals surface area contributed by atoms with Crippen LogP contribution in [0.3, 0.4) is 0 Å². The summed E-state index contributed by atoms with van der Waals surface area (Å²) in [4.78, 5) is 25.5. The van der Waals surface area contributed by atoms with Gasteiger partial charge in [-0.25, -0.2) is 0 Å². The van der Waals surface area contributed by atoms with Crippen LogP contribution in [-0.2, 0) is 9.59 Å². The molecule has 7 heteroatoms. The van der Waals surface area contributed by atoms with Crippen molar-refractivity contribution in [3.05, 3.63) is 53.1 Å². The van der Waals surface area contributed by atoms with E-state index in [0.717, 1.165) is 5.56 Å². The quantitative estimate of drug-likeness (QED) is 0.806. The summed E-state index contributed by atoms with van der Waals surface area (Å²) in [7, 11) is 3.12. The van der Waals surface area contributed by atoms with Crippen LogP contribution in [0.15, 0.2) is 42.5 Å². The summed E-state index contributed by atoms with van der Waals surface area (Å²) in [6, 6.07) is 12.1. The Hall–Kier alpha value is -2.73. The third kappa shape index (κ3) is 5.67. The number of nitrogens with one attached hydrogen (secondary N) is 1. The normalized spacial score (nSPS) is 10.2. The van der Waals surface area contributed by atoms with Crippen molar-refractivity contribution in [3.63, 3.8) is 0 Å². The Bertz CT molecular complexity index is 778. The minimum Gasteiger partial charge on any atom is -0.497 e. The van der Waals surface area contributed by atoms with E-state index in [-0.39, 0.29) is 25.0 Å². The Labute approximate surface area is 157 Å². The second-order valence-corrected chi connectivity index (χ2v) is 6.13. The van der Waals surface area contributed by atoms with E-state index in [2.05, 4.69) is 5.32 Å². The number of halogens is 1. The molecule has 0 saturated heterocycles. The average Bonchev–Trinajstić information content (AvgIpc) is 2.62. The summed E-state index contributed by atoms with van der Waals surface area (Å²) in [6.45, 7) is 1.62. The Balaban J connectivity index is 1.81. The van der Waals surface area contributed by atoms with Gasteiger partial charge in [0.05, 0.1) is 13.7 Å². The molecule has 0 fully saturated rings. The smallest absolute Gasteiger partial charge is 0.260 e. The van der Waals surface area contributed by atoms with Crippen molar-refractivity contribution < 1.29 is 19.1 Å². The molecule has 2 aromatic rings. The highest BCUT2D eigenvalue weighted by Gasteiger charge is 2.14. The highest BCUT2D eigenvalue weighted by atomic mass is 35.5. The summed E-state index contributed by atoms with van der Waals surface area (Å²) in [5.74, 6) is 0.650. The SMILES string of the molecule is COc1ccc(NC(=O)CN(C)C(=O)COc2ccc(Cl)c(C)c2)cc1. The lowest BCUT2D eigenvalue weighted by molar-refractivity contribution is -0.135. The molecule has 2 aromatic carbocycles. The lowest BCUT2D eigenvalue weighted by atomic mass is 10.2. The molecule has 0 radical (unpaired) electrons. The van der Waals surface area contributed by atoms with Gasteiger partial charge in [0.25, 0.3) is 5.91 Å². The monoisotopic (exact) mass is 376 g/mol. The molecule has 0 unspecified atom stereocenters. The molecule has 0 aliphatic carbocycles. The summed E-state index contributed by atoms with van der Waals surface area (Å²) >= 11 is 5.95. The number of hydrogen-bond donors (Lipinski definition) is 1. The van der Waals surface area contributed by atoms with Gasteiger partial charge < -0.3 is 19.7 Å². The Morgan fingerprint density at radius 2 is 1.77 bits per heavy atom. The number of ether oxygens (including phenoxy) is 2. The second kappa shape index (κ2) is 9.10. The number of aryl methyl sites for hydroxylation is 1. The van der Waals surface area contributed by atoms with Crippen LogP contribution >= 0.6 is 11.6 Å². The number of benzene rings is 2. The molecule has 6 nitrogen and oxygen atoms in total. The van der Waals surface area contributed by atoms with Gasteiger partial charge in [-0.05, 0) is 55.0 Å². The van der Waals surface area contributed by atoms with Gasteiger partial charge >= 0.3 is 0 Å². The first-order valence-corrected chi connectivity index (χ1v) is 8.33. The topological polar surface area (TPSA) is 67.9 Å². The molecule has 0 aromatic heterocycles. The molecular formula is C19H21ClN2O4. The standard InChI is InChI=1S/C19H21ClN2O4/c1-13-10-16(8-9-17(13)20)26-12-19(24)22(2)11-18(23)21-14-4-6-15(25-3)7-5-14/h4-10H,11-12H2,1-3H3,(H,21,23). The highest BCUT2D eigenvalue weighted by molar-refractivity contribution is 6.31. The fourth-order valence-corrected chi connectivity index (χ4v) is 2.26. The number of nitrogens with zero attached hydrogens (tertiary/aromatic N) is 1. The fourth-order valence-electron chi connectivity index (χ4n) is 2.14. The van der Waals surface area contributed by atoms with Gasteiger partial charge in [0.1, 0.15) is 11.5 Å². The summed E-state index contributed by atoms with van der Waals surface area (Å²) in [5.41, 5.74) is 1.49. The molecule has 0 aliphatic heterocycles. The third-order valence-corrected chi connectivity index (χ3v) is 4.10. The fraction of sp³-hybridized carbons (Fsp3) is 0.263. The molecule has 0 bridgehead atoms. The van der Waals surface area contributed by atoms with Crippen molar-refractivity contribution in [2.75, 3.05) is 32.6 Å². The van der Waals surface area contributed by atoms with Crippen LogP contribution < -0.4 is 14.8 Å². The first kappa shape index (κ1) is 19.6. The van der Waals surface area contributed by atoms with Crippen LogP contribution in [0.4, 0.5) is 5.69 Å².